The second kappa shape index (κ2) is 6.09. The average Bonchev–Trinajstić information content (AvgIpc) is 2.94. The fraction of sp³-hybridized carbons (Fsp3) is 0.462. The molecular formula is C13H18ClN5O. The van der Waals surface area contributed by atoms with Gasteiger partial charge in [0.05, 0.1) is 23.1 Å². The minimum Gasteiger partial charge on any atom is -0.350 e. The van der Waals surface area contributed by atoms with Crippen molar-refractivity contribution in [2.75, 3.05) is 0 Å². The number of hydrogen-bond acceptors (Lipinski definition) is 3. The summed E-state index contributed by atoms with van der Waals surface area (Å²) in [7, 11) is 0. The molecule has 0 aliphatic carbocycles. The summed E-state index contributed by atoms with van der Waals surface area (Å²) in [6.45, 7) is 7.32. The predicted octanol–water partition coefficient (Wildman–Crippen LogP) is 1.69. The third-order valence-electron chi connectivity index (χ3n) is 3.32. The van der Waals surface area contributed by atoms with Crippen molar-refractivity contribution in [3.8, 4) is 0 Å². The van der Waals surface area contributed by atoms with Gasteiger partial charge < -0.3 is 5.32 Å². The number of amides is 1. The lowest BCUT2D eigenvalue weighted by molar-refractivity contribution is -0.122. The van der Waals surface area contributed by atoms with Crippen LogP contribution < -0.4 is 5.32 Å². The second-order valence-electron chi connectivity index (χ2n) is 4.58. The van der Waals surface area contributed by atoms with Crippen molar-refractivity contribution in [1.82, 2.24) is 24.9 Å². The lowest BCUT2D eigenvalue weighted by Crippen LogP contribution is -2.28. The van der Waals surface area contributed by atoms with Crippen LogP contribution in [0.15, 0.2) is 12.4 Å². The van der Waals surface area contributed by atoms with Crippen LogP contribution >= 0.6 is 11.6 Å². The highest BCUT2D eigenvalue weighted by Crippen LogP contribution is 2.12. The van der Waals surface area contributed by atoms with Gasteiger partial charge in [-0.1, -0.05) is 11.6 Å². The van der Waals surface area contributed by atoms with E-state index in [0.29, 0.717) is 11.6 Å². The van der Waals surface area contributed by atoms with Crippen LogP contribution in [-0.4, -0.2) is 25.5 Å². The van der Waals surface area contributed by atoms with E-state index in [1.807, 2.05) is 25.5 Å². The van der Waals surface area contributed by atoms with Crippen LogP contribution in [0.2, 0.25) is 5.02 Å². The van der Waals surface area contributed by atoms with Gasteiger partial charge in [0, 0.05) is 24.3 Å². The van der Waals surface area contributed by atoms with Gasteiger partial charge >= 0.3 is 0 Å². The molecule has 1 N–H and O–H groups in total. The number of carbonyl (C=O) groups excluding carboxylic acids is 1. The Morgan fingerprint density at radius 2 is 1.95 bits per heavy atom. The molecule has 0 atom stereocenters. The van der Waals surface area contributed by atoms with Crippen molar-refractivity contribution in [2.45, 2.75) is 40.4 Å². The van der Waals surface area contributed by atoms with E-state index in [1.165, 1.54) is 0 Å². The molecule has 0 bridgehead atoms. The molecule has 0 unspecified atom stereocenters. The van der Waals surface area contributed by atoms with E-state index in [4.69, 9.17) is 11.6 Å². The van der Waals surface area contributed by atoms with Crippen molar-refractivity contribution < 1.29 is 4.79 Å². The predicted molar refractivity (Wildman–Crippen MR) is 76.5 cm³/mol. The van der Waals surface area contributed by atoms with Crippen molar-refractivity contribution in [3.05, 3.63) is 34.4 Å². The van der Waals surface area contributed by atoms with Crippen LogP contribution in [0.4, 0.5) is 0 Å². The van der Waals surface area contributed by atoms with Crippen LogP contribution in [0.5, 0.6) is 0 Å². The molecule has 2 heterocycles. The first kappa shape index (κ1) is 14.6. The van der Waals surface area contributed by atoms with Crippen LogP contribution in [-0.2, 0) is 24.4 Å². The molecule has 0 radical (unpaired) electrons. The fourth-order valence-electron chi connectivity index (χ4n) is 1.95. The van der Waals surface area contributed by atoms with E-state index < -0.39 is 0 Å². The number of carbonyl (C=O) groups is 1. The van der Waals surface area contributed by atoms with E-state index in [-0.39, 0.29) is 12.5 Å². The zero-order valence-corrected chi connectivity index (χ0v) is 12.6. The maximum absolute atomic E-state index is 11.9. The monoisotopic (exact) mass is 295 g/mol. The molecule has 7 heteroatoms. The average molecular weight is 296 g/mol. The normalized spacial score (nSPS) is 10.8. The molecule has 0 aliphatic rings. The Bertz CT molecular complexity index is 616. The molecule has 108 valence electrons. The van der Waals surface area contributed by atoms with Crippen molar-refractivity contribution in [1.29, 1.82) is 0 Å². The van der Waals surface area contributed by atoms with Crippen LogP contribution in [0.1, 0.15) is 23.9 Å². The molecule has 0 aromatic carbocycles. The first-order chi connectivity index (χ1) is 9.52. The molecule has 0 spiro atoms. The first-order valence-electron chi connectivity index (χ1n) is 6.48. The maximum Gasteiger partial charge on any atom is 0.242 e. The van der Waals surface area contributed by atoms with Crippen LogP contribution in [0.25, 0.3) is 0 Å². The highest BCUT2D eigenvalue weighted by molar-refractivity contribution is 6.31. The van der Waals surface area contributed by atoms with Gasteiger partial charge in [-0.05, 0) is 20.8 Å². The summed E-state index contributed by atoms with van der Waals surface area (Å²) >= 11 is 5.90. The summed E-state index contributed by atoms with van der Waals surface area (Å²) in [5.74, 6) is -0.100. The molecule has 20 heavy (non-hydrogen) atoms. The molecule has 0 fully saturated rings. The Balaban J connectivity index is 1.92. The lowest BCUT2D eigenvalue weighted by Gasteiger charge is -2.07. The largest absolute Gasteiger partial charge is 0.350 e. The van der Waals surface area contributed by atoms with Gasteiger partial charge in [0.1, 0.15) is 6.54 Å². The molecule has 0 saturated heterocycles. The summed E-state index contributed by atoms with van der Waals surface area (Å²) in [5, 5.41) is 11.7. The van der Waals surface area contributed by atoms with Gasteiger partial charge in [0.2, 0.25) is 5.91 Å². The van der Waals surface area contributed by atoms with Gasteiger partial charge in [-0.25, -0.2) is 0 Å². The highest BCUT2D eigenvalue weighted by Gasteiger charge is 2.10. The van der Waals surface area contributed by atoms with E-state index in [2.05, 4.69) is 15.5 Å². The molecule has 0 aliphatic heterocycles. The van der Waals surface area contributed by atoms with E-state index in [9.17, 15) is 4.79 Å². The van der Waals surface area contributed by atoms with Gasteiger partial charge in [0.25, 0.3) is 0 Å². The lowest BCUT2D eigenvalue weighted by atomic mass is 10.2. The summed E-state index contributed by atoms with van der Waals surface area (Å²) in [4.78, 5) is 11.9. The number of halogens is 1. The number of aryl methyl sites for hydroxylation is 1. The Morgan fingerprint density at radius 1 is 1.25 bits per heavy atom. The molecule has 6 nitrogen and oxygen atoms in total. The smallest absolute Gasteiger partial charge is 0.242 e. The number of hydrogen-bond donors (Lipinski definition) is 1. The van der Waals surface area contributed by atoms with Gasteiger partial charge in [-0.3, -0.25) is 14.2 Å². The number of nitrogens with zero attached hydrogens (tertiary/aromatic N) is 4. The molecule has 2 rings (SSSR count). The molecule has 1 amide bonds. The number of rotatable bonds is 5. The first-order valence-corrected chi connectivity index (χ1v) is 6.86. The summed E-state index contributed by atoms with van der Waals surface area (Å²) < 4.78 is 3.49. The summed E-state index contributed by atoms with van der Waals surface area (Å²) in [6, 6.07) is 0. The molecule has 2 aromatic heterocycles. The highest BCUT2D eigenvalue weighted by atomic mass is 35.5. The quantitative estimate of drug-likeness (QED) is 0.913. The summed E-state index contributed by atoms with van der Waals surface area (Å²) in [5.41, 5.74) is 2.89. The minimum atomic E-state index is -0.100. The van der Waals surface area contributed by atoms with Gasteiger partial charge in [0.15, 0.2) is 0 Å². The Hall–Kier alpha value is -1.82. The van der Waals surface area contributed by atoms with Crippen molar-refractivity contribution in [2.24, 2.45) is 0 Å². The third kappa shape index (κ3) is 3.01. The Labute approximate surface area is 122 Å². The van der Waals surface area contributed by atoms with E-state index in [1.54, 1.807) is 17.1 Å². The minimum absolute atomic E-state index is 0.100. The zero-order chi connectivity index (χ0) is 14.7. The van der Waals surface area contributed by atoms with Gasteiger partial charge in [-0.2, -0.15) is 10.2 Å². The van der Waals surface area contributed by atoms with Crippen molar-refractivity contribution in [3.63, 3.8) is 0 Å². The van der Waals surface area contributed by atoms with Crippen LogP contribution in [0.3, 0.4) is 0 Å². The maximum atomic E-state index is 11.9. The van der Waals surface area contributed by atoms with Gasteiger partial charge in [-0.15, -0.1) is 0 Å². The van der Waals surface area contributed by atoms with E-state index >= 15 is 0 Å². The van der Waals surface area contributed by atoms with Crippen LogP contribution in [0, 0.1) is 13.8 Å². The topological polar surface area (TPSA) is 64.7 Å². The molecule has 2 aromatic rings. The van der Waals surface area contributed by atoms with Crippen molar-refractivity contribution >= 4 is 17.5 Å². The molecule has 0 saturated carbocycles. The van der Waals surface area contributed by atoms with E-state index in [0.717, 1.165) is 23.5 Å². The molecular weight excluding hydrogens is 278 g/mol. The third-order valence-corrected chi connectivity index (χ3v) is 3.69. The number of aromatic nitrogens is 4. The second-order valence-corrected chi connectivity index (χ2v) is 4.99. The fourth-order valence-corrected chi connectivity index (χ4v) is 2.09. The Morgan fingerprint density at radius 3 is 2.50 bits per heavy atom. The SMILES string of the molecule is CCn1ncc(CNC(=O)Cn2ncc(Cl)c2C)c1C. The standard InChI is InChI=1S/C13H18ClN5O/c1-4-18-9(2)11(6-16-18)5-15-13(20)8-19-10(3)12(14)7-17-19/h6-7H,4-5,8H2,1-3H3,(H,15,20). The summed E-state index contributed by atoms with van der Waals surface area (Å²) in [6.07, 6.45) is 3.33. The zero-order valence-electron chi connectivity index (χ0n) is 11.9. The number of nitrogens with one attached hydrogen (secondary N) is 1. The Kier molecular flexibility index (Phi) is 4.44.